The third-order valence-electron chi connectivity index (χ3n) is 2.27. The highest BCUT2D eigenvalue weighted by Crippen LogP contribution is 2.21. The summed E-state index contributed by atoms with van der Waals surface area (Å²) in [5.41, 5.74) is 2.36. The Morgan fingerprint density at radius 2 is 2.00 bits per heavy atom. The second-order valence-corrected chi connectivity index (χ2v) is 3.57. The number of fused-ring (bicyclic) bond motifs is 1. The van der Waals surface area contributed by atoms with Crippen LogP contribution in [0.5, 0.6) is 0 Å². The molecule has 0 atom stereocenters. The van der Waals surface area contributed by atoms with Crippen LogP contribution in [0.25, 0.3) is 5.52 Å². The maximum Gasteiger partial charge on any atom is 0.139 e. The summed E-state index contributed by atoms with van der Waals surface area (Å²) < 4.78 is 14.7. The van der Waals surface area contributed by atoms with E-state index >= 15 is 0 Å². The molecule has 0 unspecified atom stereocenters. The first-order valence-corrected chi connectivity index (χ1v) is 4.44. The van der Waals surface area contributed by atoms with Gasteiger partial charge >= 0.3 is 0 Å². The van der Waals surface area contributed by atoms with Gasteiger partial charge in [0.15, 0.2) is 0 Å². The van der Waals surface area contributed by atoms with Gasteiger partial charge in [0.25, 0.3) is 0 Å². The van der Waals surface area contributed by atoms with Crippen molar-refractivity contribution in [1.29, 1.82) is 0 Å². The topological polar surface area (TPSA) is 4.41 Å². The normalized spacial score (nSPS) is 11.4. The fourth-order valence-corrected chi connectivity index (χ4v) is 1.59. The van der Waals surface area contributed by atoms with Crippen molar-refractivity contribution in [2.75, 3.05) is 0 Å². The molecule has 1 nitrogen and oxygen atoms in total. The van der Waals surface area contributed by atoms with Gasteiger partial charge in [-0.05, 0) is 29.7 Å². The second-order valence-electron chi connectivity index (χ2n) is 3.57. The third kappa shape index (κ3) is 1.32. The number of pyridine rings is 1. The summed E-state index contributed by atoms with van der Waals surface area (Å²) in [7, 11) is 0. The van der Waals surface area contributed by atoms with Gasteiger partial charge < -0.3 is 4.40 Å². The molecule has 0 amide bonds. The molecule has 68 valence electrons. The number of halogens is 1. The van der Waals surface area contributed by atoms with Crippen LogP contribution in [-0.2, 0) is 0 Å². The molecular weight excluding hydrogens is 165 g/mol. The monoisotopic (exact) mass is 177 g/mol. The highest BCUT2D eigenvalue weighted by Gasteiger charge is 2.05. The quantitative estimate of drug-likeness (QED) is 0.630. The number of rotatable bonds is 1. The van der Waals surface area contributed by atoms with Crippen molar-refractivity contribution in [2.45, 2.75) is 19.8 Å². The van der Waals surface area contributed by atoms with Gasteiger partial charge in [-0.2, -0.15) is 0 Å². The fourth-order valence-electron chi connectivity index (χ4n) is 1.59. The standard InChI is InChI=1S/C11H12FN/c1-8(2)10-5-6-13-7-9(12)3-4-11(10)13/h3-8H,1-2H3. The van der Waals surface area contributed by atoms with E-state index in [0.717, 1.165) is 5.52 Å². The molecule has 0 aromatic carbocycles. The maximum atomic E-state index is 12.8. The average Bonchev–Trinajstić information content (AvgIpc) is 2.46. The number of nitrogens with zero attached hydrogens (tertiary/aromatic N) is 1. The van der Waals surface area contributed by atoms with Crippen LogP contribution in [0.3, 0.4) is 0 Å². The Morgan fingerprint density at radius 1 is 1.23 bits per heavy atom. The van der Waals surface area contributed by atoms with Crippen LogP contribution in [0.4, 0.5) is 4.39 Å². The minimum atomic E-state index is -0.196. The van der Waals surface area contributed by atoms with Crippen molar-refractivity contribution >= 4 is 5.52 Å². The zero-order valence-corrected chi connectivity index (χ0v) is 7.79. The van der Waals surface area contributed by atoms with Crippen molar-refractivity contribution in [3.05, 3.63) is 42.0 Å². The lowest BCUT2D eigenvalue weighted by Gasteiger charge is -2.02. The van der Waals surface area contributed by atoms with E-state index in [4.69, 9.17) is 0 Å². The molecule has 0 fully saturated rings. The lowest BCUT2D eigenvalue weighted by atomic mass is 10.1. The van der Waals surface area contributed by atoms with Crippen LogP contribution >= 0.6 is 0 Å². The highest BCUT2D eigenvalue weighted by atomic mass is 19.1. The van der Waals surface area contributed by atoms with E-state index in [9.17, 15) is 4.39 Å². The average molecular weight is 177 g/mol. The SMILES string of the molecule is CC(C)c1ccn2cc(F)ccc12. The van der Waals surface area contributed by atoms with Crippen molar-refractivity contribution in [1.82, 2.24) is 4.40 Å². The molecule has 0 spiro atoms. The van der Waals surface area contributed by atoms with E-state index in [1.54, 1.807) is 0 Å². The zero-order chi connectivity index (χ0) is 9.42. The Morgan fingerprint density at radius 3 is 2.69 bits per heavy atom. The fraction of sp³-hybridized carbons (Fsp3) is 0.273. The van der Waals surface area contributed by atoms with E-state index in [1.165, 1.54) is 17.8 Å². The molecule has 0 aliphatic rings. The molecule has 2 aromatic rings. The summed E-state index contributed by atoms with van der Waals surface area (Å²) in [4.78, 5) is 0. The van der Waals surface area contributed by atoms with Crippen LogP contribution in [0.15, 0.2) is 30.6 Å². The zero-order valence-electron chi connectivity index (χ0n) is 7.79. The van der Waals surface area contributed by atoms with Gasteiger partial charge in [-0.1, -0.05) is 13.8 Å². The van der Waals surface area contributed by atoms with Crippen LogP contribution in [-0.4, -0.2) is 4.40 Å². The predicted octanol–water partition coefficient (Wildman–Crippen LogP) is 3.20. The molecule has 2 heteroatoms. The summed E-state index contributed by atoms with van der Waals surface area (Å²) in [6.45, 7) is 4.28. The lowest BCUT2D eigenvalue weighted by Crippen LogP contribution is -1.88. The van der Waals surface area contributed by atoms with Gasteiger partial charge in [0.05, 0.1) is 0 Å². The number of aromatic nitrogens is 1. The smallest absolute Gasteiger partial charge is 0.139 e. The minimum absolute atomic E-state index is 0.196. The predicted molar refractivity (Wildman–Crippen MR) is 51.4 cm³/mol. The summed E-state index contributed by atoms with van der Waals surface area (Å²) in [6, 6.07) is 5.37. The van der Waals surface area contributed by atoms with Gasteiger partial charge in [-0.25, -0.2) is 4.39 Å². The summed E-state index contributed by atoms with van der Waals surface area (Å²) in [6.07, 6.45) is 3.40. The molecule has 13 heavy (non-hydrogen) atoms. The van der Waals surface area contributed by atoms with E-state index in [0.29, 0.717) is 5.92 Å². The van der Waals surface area contributed by atoms with Crippen molar-refractivity contribution < 1.29 is 4.39 Å². The van der Waals surface area contributed by atoms with Gasteiger partial charge in [-0.15, -0.1) is 0 Å². The second kappa shape index (κ2) is 2.87. The summed E-state index contributed by atoms with van der Waals surface area (Å²) in [5, 5.41) is 0. The van der Waals surface area contributed by atoms with E-state index in [2.05, 4.69) is 13.8 Å². The number of hydrogen-bond acceptors (Lipinski definition) is 0. The minimum Gasteiger partial charge on any atom is -0.321 e. The molecule has 0 aliphatic carbocycles. The van der Waals surface area contributed by atoms with Crippen molar-refractivity contribution in [2.24, 2.45) is 0 Å². The van der Waals surface area contributed by atoms with E-state index < -0.39 is 0 Å². The molecular formula is C11H12FN. The Kier molecular flexibility index (Phi) is 1.83. The van der Waals surface area contributed by atoms with Gasteiger partial charge in [-0.3, -0.25) is 0 Å². The first-order valence-electron chi connectivity index (χ1n) is 4.44. The molecule has 2 heterocycles. The van der Waals surface area contributed by atoms with Crippen LogP contribution in [0.2, 0.25) is 0 Å². The molecule has 0 radical (unpaired) electrons. The van der Waals surface area contributed by atoms with Crippen LogP contribution < -0.4 is 0 Å². The molecule has 0 N–H and O–H groups in total. The summed E-state index contributed by atoms with van der Waals surface area (Å²) in [5.74, 6) is 0.286. The van der Waals surface area contributed by atoms with Gasteiger partial charge in [0.2, 0.25) is 0 Å². The largest absolute Gasteiger partial charge is 0.321 e. The lowest BCUT2D eigenvalue weighted by molar-refractivity contribution is 0.619. The van der Waals surface area contributed by atoms with Crippen molar-refractivity contribution in [3.63, 3.8) is 0 Å². The number of hydrogen-bond donors (Lipinski definition) is 0. The van der Waals surface area contributed by atoms with Crippen LogP contribution in [0.1, 0.15) is 25.3 Å². The van der Waals surface area contributed by atoms with E-state index in [-0.39, 0.29) is 5.82 Å². The first-order chi connectivity index (χ1) is 6.18. The van der Waals surface area contributed by atoms with Gasteiger partial charge in [0, 0.05) is 17.9 Å². The molecule has 0 saturated heterocycles. The molecule has 2 rings (SSSR count). The molecule has 0 saturated carbocycles. The Bertz CT molecular complexity index is 429. The van der Waals surface area contributed by atoms with Crippen LogP contribution in [0, 0.1) is 5.82 Å². The van der Waals surface area contributed by atoms with Gasteiger partial charge in [0.1, 0.15) is 5.82 Å². The third-order valence-corrected chi connectivity index (χ3v) is 2.27. The molecule has 0 bridgehead atoms. The highest BCUT2D eigenvalue weighted by molar-refractivity contribution is 5.56. The van der Waals surface area contributed by atoms with E-state index in [1.807, 2.05) is 22.7 Å². The Balaban J connectivity index is 2.69. The Hall–Kier alpha value is -1.31. The molecule has 0 aliphatic heterocycles. The first kappa shape index (κ1) is 8.30. The molecule has 2 aromatic heterocycles. The maximum absolute atomic E-state index is 12.8. The summed E-state index contributed by atoms with van der Waals surface area (Å²) >= 11 is 0. The Labute approximate surface area is 76.8 Å². The van der Waals surface area contributed by atoms with Crippen molar-refractivity contribution in [3.8, 4) is 0 Å².